The maximum absolute atomic E-state index is 6.22. The third-order valence-corrected chi connectivity index (χ3v) is 3.60. The zero-order chi connectivity index (χ0) is 12.0. The van der Waals surface area contributed by atoms with Crippen molar-refractivity contribution in [1.82, 2.24) is 5.32 Å². The first-order valence-corrected chi connectivity index (χ1v) is 7.01. The van der Waals surface area contributed by atoms with Gasteiger partial charge in [-0.15, -0.1) is 0 Å². The third-order valence-electron chi connectivity index (χ3n) is 3.60. The van der Waals surface area contributed by atoms with E-state index in [9.17, 15) is 0 Å². The van der Waals surface area contributed by atoms with Gasteiger partial charge in [0.05, 0.1) is 12.2 Å². The Morgan fingerprint density at radius 1 is 1.12 bits per heavy atom. The maximum Gasteiger partial charge on any atom is 0.0700 e. The van der Waals surface area contributed by atoms with Gasteiger partial charge in [-0.05, 0) is 44.1 Å². The molecule has 1 saturated carbocycles. The van der Waals surface area contributed by atoms with Crippen LogP contribution in [-0.2, 0) is 4.74 Å². The lowest BCUT2D eigenvalue weighted by Gasteiger charge is -2.33. The third kappa shape index (κ3) is 4.84. The monoisotopic (exact) mass is 227 g/mol. The van der Waals surface area contributed by atoms with Gasteiger partial charge >= 0.3 is 0 Å². The second-order valence-electron chi connectivity index (χ2n) is 5.51. The van der Waals surface area contributed by atoms with Crippen LogP contribution in [0.25, 0.3) is 0 Å². The van der Waals surface area contributed by atoms with Gasteiger partial charge in [0, 0.05) is 6.54 Å². The summed E-state index contributed by atoms with van der Waals surface area (Å²) >= 11 is 0. The Morgan fingerprint density at radius 3 is 2.25 bits per heavy atom. The van der Waals surface area contributed by atoms with E-state index in [0.717, 1.165) is 31.3 Å². The molecule has 2 nitrogen and oxygen atoms in total. The van der Waals surface area contributed by atoms with Gasteiger partial charge in [-0.1, -0.05) is 27.7 Å². The molecule has 1 fully saturated rings. The van der Waals surface area contributed by atoms with Crippen molar-refractivity contribution in [2.45, 2.75) is 65.6 Å². The molecule has 3 unspecified atom stereocenters. The van der Waals surface area contributed by atoms with E-state index in [4.69, 9.17) is 4.74 Å². The topological polar surface area (TPSA) is 21.3 Å². The Hall–Kier alpha value is -0.0800. The van der Waals surface area contributed by atoms with Crippen molar-refractivity contribution >= 4 is 0 Å². The van der Waals surface area contributed by atoms with Crippen LogP contribution in [0.5, 0.6) is 0 Å². The van der Waals surface area contributed by atoms with Crippen molar-refractivity contribution < 1.29 is 4.74 Å². The fourth-order valence-electron chi connectivity index (χ4n) is 2.85. The minimum absolute atomic E-state index is 0.405. The second-order valence-corrected chi connectivity index (χ2v) is 5.51. The average molecular weight is 227 g/mol. The lowest BCUT2D eigenvalue weighted by molar-refractivity contribution is -0.0488. The minimum Gasteiger partial charge on any atom is -0.374 e. The SMILES string of the molecule is CCNCC(CC)OC1CC(C)CC(C)C1. The molecule has 2 heteroatoms. The maximum atomic E-state index is 6.22. The van der Waals surface area contributed by atoms with Crippen LogP contribution in [0.15, 0.2) is 0 Å². The molecule has 3 atom stereocenters. The Morgan fingerprint density at radius 2 is 1.75 bits per heavy atom. The summed E-state index contributed by atoms with van der Waals surface area (Å²) in [7, 11) is 0. The van der Waals surface area contributed by atoms with E-state index in [1.165, 1.54) is 19.3 Å². The Balaban J connectivity index is 2.32. The average Bonchev–Trinajstić information content (AvgIpc) is 2.22. The standard InChI is InChI=1S/C14H29NO/c1-5-13(10-15-6-2)16-14-8-11(3)7-12(4)9-14/h11-15H,5-10H2,1-4H3. The van der Waals surface area contributed by atoms with E-state index in [-0.39, 0.29) is 0 Å². The number of rotatable bonds is 6. The van der Waals surface area contributed by atoms with Gasteiger partial charge < -0.3 is 10.1 Å². The van der Waals surface area contributed by atoms with Crippen LogP contribution in [0.1, 0.15) is 53.4 Å². The van der Waals surface area contributed by atoms with E-state index < -0.39 is 0 Å². The van der Waals surface area contributed by atoms with Crippen LogP contribution in [0.2, 0.25) is 0 Å². The molecule has 0 heterocycles. The molecule has 0 aliphatic heterocycles. The molecule has 0 aromatic heterocycles. The molecule has 0 bridgehead atoms. The van der Waals surface area contributed by atoms with E-state index in [1.54, 1.807) is 0 Å². The summed E-state index contributed by atoms with van der Waals surface area (Å²) in [5, 5.41) is 3.39. The van der Waals surface area contributed by atoms with E-state index >= 15 is 0 Å². The summed E-state index contributed by atoms with van der Waals surface area (Å²) in [6, 6.07) is 0. The van der Waals surface area contributed by atoms with Gasteiger partial charge in [0.2, 0.25) is 0 Å². The van der Waals surface area contributed by atoms with Gasteiger partial charge in [-0.2, -0.15) is 0 Å². The highest BCUT2D eigenvalue weighted by Gasteiger charge is 2.26. The van der Waals surface area contributed by atoms with Crippen molar-refractivity contribution in [3.8, 4) is 0 Å². The molecule has 0 spiro atoms. The van der Waals surface area contributed by atoms with Crippen LogP contribution in [0.4, 0.5) is 0 Å². The summed E-state index contributed by atoms with van der Waals surface area (Å²) in [6.07, 6.45) is 5.92. The van der Waals surface area contributed by atoms with E-state index in [0.29, 0.717) is 12.2 Å². The summed E-state index contributed by atoms with van der Waals surface area (Å²) < 4.78 is 6.22. The molecule has 0 radical (unpaired) electrons. The zero-order valence-electron chi connectivity index (χ0n) is 11.5. The molecular formula is C14H29NO. The molecular weight excluding hydrogens is 198 g/mol. The van der Waals surface area contributed by atoms with Gasteiger partial charge in [-0.25, -0.2) is 0 Å². The van der Waals surface area contributed by atoms with Crippen LogP contribution in [0, 0.1) is 11.8 Å². The highest BCUT2D eigenvalue weighted by Crippen LogP contribution is 2.31. The zero-order valence-corrected chi connectivity index (χ0v) is 11.5. The quantitative estimate of drug-likeness (QED) is 0.752. The number of hydrogen-bond acceptors (Lipinski definition) is 2. The molecule has 1 aliphatic rings. The first-order chi connectivity index (χ1) is 7.65. The summed E-state index contributed by atoms with van der Waals surface area (Å²) in [6.45, 7) is 11.1. The molecule has 1 rings (SSSR count). The Bertz CT molecular complexity index is 174. The van der Waals surface area contributed by atoms with E-state index in [1.807, 2.05) is 0 Å². The van der Waals surface area contributed by atoms with Crippen molar-refractivity contribution in [2.24, 2.45) is 11.8 Å². The van der Waals surface area contributed by atoms with Crippen molar-refractivity contribution in [1.29, 1.82) is 0 Å². The lowest BCUT2D eigenvalue weighted by Crippen LogP contribution is -2.35. The van der Waals surface area contributed by atoms with Crippen molar-refractivity contribution in [3.05, 3.63) is 0 Å². The minimum atomic E-state index is 0.405. The molecule has 0 aromatic rings. The molecule has 96 valence electrons. The predicted octanol–water partition coefficient (Wildman–Crippen LogP) is 3.22. The van der Waals surface area contributed by atoms with Crippen molar-refractivity contribution in [3.63, 3.8) is 0 Å². The summed E-state index contributed by atoms with van der Waals surface area (Å²) in [5.41, 5.74) is 0. The van der Waals surface area contributed by atoms with Crippen LogP contribution < -0.4 is 5.32 Å². The van der Waals surface area contributed by atoms with E-state index in [2.05, 4.69) is 33.0 Å². The van der Waals surface area contributed by atoms with Gasteiger partial charge in [0.1, 0.15) is 0 Å². The van der Waals surface area contributed by atoms with Crippen molar-refractivity contribution in [2.75, 3.05) is 13.1 Å². The fourth-order valence-corrected chi connectivity index (χ4v) is 2.85. The fraction of sp³-hybridized carbons (Fsp3) is 1.00. The molecule has 1 N–H and O–H groups in total. The highest BCUT2D eigenvalue weighted by atomic mass is 16.5. The van der Waals surface area contributed by atoms with Gasteiger partial charge in [-0.3, -0.25) is 0 Å². The van der Waals surface area contributed by atoms with Gasteiger partial charge in [0.15, 0.2) is 0 Å². The Labute approximate surface area is 101 Å². The van der Waals surface area contributed by atoms with Gasteiger partial charge in [0.25, 0.3) is 0 Å². The number of ether oxygens (including phenoxy) is 1. The smallest absolute Gasteiger partial charge is 0.0700 e. The first-order valence-electron chi connectivity index (χ1n) is 7.01. The van der Waals surface area contributed by atoms with Crippen LogP contribution in [0.3, 0.4) is 0 Å². The number of likely N-dealkylation sites (N-methyl/N-ethyl adjacent to an activating group) is 1. The predicted molar refractivity (Wildman–Crippen MR) is 69.7 cm³/mol. The largest absolute Gasteiger partial charge is 0.374 e. The molecule has 0 saturated heterocycles. The first kappa shape index (κ1) is 14.0. The summed E-state index contributed by atoms with van der Waals surface area (Å²) in [4.78, 5) is 0. The number of hydrogen-bond donors (Lipinski definition) is 1. The second kappa shape index (κ2) is 7.29. The van der Waals surface area contributed by atoms with Crippen LogP contribution >= 0.6 is 0 Å². The molecule has 1 aliphatic carbocycles. The summed E-state index contributed by atoms with van der Waals surface area (Å²) in [5.74, 6) is 1.68. The molecule has 16 heavy (non-hydrogen) atoms. The Kier molecular flexibility index (Phi) is 6.37. The molecule has 0 aromatic carbocycles. The normalized spacial score (nSPS) is 32.6. The number of nitrogens with one attached hydrogen (secondary N) is 1. The highest BCUT2D eigenvalue weighted by molar-refractivity contribution is 4.76. The molecule has 0 amide bonds. The lowest BCUT2D eigenvalue weighted by atomic mass is 9.81. The van der Waals surface area contributed by atoms with Crippen LogP contribution in [-0.4, -0.2) is 25.3 Å².